The fourth-order valence-corrected chi connectivity index (χ4v) is 1.30. The molecule has 1 amide bonds. The average molecular weight is 164 g/mol. The first-order chi connectivity index (χ1) is 5.79. The lowest BCUT2D eigenvalue weighted by atomic mass is 10.1. The largest absolute Gasteiger partial charge is 0.372 e. The number of nitrogens with zero attached hydrogens (tertiary/aromatic N) is 1. The average Bonchev–Trinajstić information content (AvgIpc) is 2.49. The van der Waals surface area contributed by atoms with Crippen LogP contribution < -0.4 is 5.73 Å². The minimum atomic E-state index is -0.489. The summed E-state index contributed by atoms with van der Waals surface area (Å²) in [6.45, 7) is 1.000. The fraction of sp³-hybridized carbons (Fsp3) is 0.250. The van der Waals surface area contributed by atoms with Gasteiger partial charge in [-0.1, -0.05) is 0 Å². The van der Waals surface area contributed by atoms with Crippen molar-refractivity contribution in [2.45, 2.75) is 13.2 Å². The second-order valence-corrected chi connectivity index (χ2v) is 2.65. The summed E-state index contributed by atoms with van der Waals surface area (Å²) in [6.07, 6.45) is 1.58. The maximum atomic E-state index is 10.9. The molecule has 0 spiro atoms. The number of amides is 1. The van der Waals surface area contributed by atoms with Gasteiger partial charge in [0.2, 0.25) is 0 Å². The lowest BCUT2D eigenvalue weighted by Gasteiger charge is -1.99. The van der Waals surface area contributed by atoms with Crippen molar-refractivity contribution < 1.29 is 9.53 Å². The highest BCUT2D eigenvalue weighted by Crippen LogP contribution is 2.20. The number of hydrogen-bond acceptors (Lipinski definition) is 3. The molecule has 4 nitrogen and oxygen atoms in total. The molecular formula is C8H8N2O2. The van der Waals surface area contributed by atoms with Crippen LogP contribution in [0.3, 0.4) is 0 Å². The SMILES string of the molecule is NC(=O)c1nccc2c1COC2. The quantitative estimate of drug-likeness (QED) is 0.645. The summed E-state index contributed by atoms with van der Waals surface area (Å²) in [5.41, 5.74) is 7.32. The van der Waals surface area contributed by atoms with Gasteiger partial charge in [0.15, 0.2) is 0 Å². The molecule has 1 aliphatic rings. The van der Waals surface area contributed by atoms with Crippen molar-refractivity contribution in [1.29, 1.82) is 0 Å². The van der Waals surface area contributed by atoms with Crippen LogP contribution in [0.4, 0.5) is 0 Å². The highest BCUT2D eigenvalue weighted by molar-refractivity contribution is 5.92. The van der Waals surface area contributed by atoms with Gasteiger partial charge in [-0.25, -0.2) is 0 Å². The molecular weight excluding hydrogens is 156 g/mol. The molecule has 1 aliphatic heterocycles. The number of rotatable bonds is 1. The van der Waals surface area contributed by atoms with Crippen molar-refractivity contribution in [3.8, 4) is 0 Å². The molecule has 0 fully saturated rings. The van der Waals surface area contributed by atoms with E-state index in [0.717, 1.165) is 11.1 Å². The Bertz CT molecular complexity index is 336. The molecule has 0 radical (unpaired) electrons. The second-order valence-electron chi connectivity index (χ2n) is 2.65. The smallest absolute Gasteiger partial charge is 0.267 e. The van der Waals surface area contributed by atoms with E-state index < -0.39 is 5.91 Å². The van der Waals surface area contributed by atoms with Gasteiger partial charge < -0.3 is 10.5 Å². The van der Waals surface area contributed by atoms with E-state index in [-0.39, 0.29) is 0 Å². The molecule has 0 aromatic carbocycles. The highest BCUT2D eigenvalue weighted by Gasteiger charge is 2.18. The Morgan fingerprint density at radius 1 is 1.58 bits per heavy atom. The summed E-state index contributed by atoms with van der Waals surface area (Å²) in [5.74, 6) is -0.489. The Labute approximate surface area is 69.4 Å². The van der Waals surface area contributed by atoms with Gasteiger partial charge in [-0.05, 0) is 11.6 Å². The van der Waals surface area contributed by atoms with E-state index in [2.05, 4.69) is 4.98 Å². The summed E-state index contributed by atoms with van der Waals surface area (Å²) in [7, 11) is 0. The minimum Gasteiger partial charge on any atom is -0.372 e. The van der Waals surface area contributed by atoms with Gasteiger partial charge in [0.05, 0.1) is 13.2 Å². The molecule has 12 heavy (non-hydrogen) atoms. The van der Waals surface area contributed by atoms with Crippen LogP contribution in [0.1, 0.15) is 21.6 Å². The molecule has 0 atom stereocenters. The fourth-order valence-electron chi connectivity index (χ4n) is 1.30. The number of hydrogen-bond donors (Lipinski definition) is 1. The van der Waals surface area contributed by atoms with Gasteiger partial charge in [-0.15, -0.1) is 0 Å². The van der Waals surface area contributed by atoms with Crippen molar-refractivity contribution in [2.24, 2.45) is 5.73 Å². The summed E-state index contributed by atoms with van der Waals surface area (Å²) < 4.78 is 5.16. The topological polar surface area (TPSA) is 65.2 Å². The maximum absolute atomic E-state index is 10.9. The molecule has 1 aromatic heterocycles. The first-order valence-corrected chi connectivity index (χ1v) is 3.63. The zero-order valence-electron chi connectivity index (χ0n) is 6.41. The van der Waals surface area contributed by atoms with Crippen molar-refractivity contribution >= 4 is 5.91 Å². The highest BCUT2D eigenvalue weighted by atomic mass is 16.5. The normalized spacial score (nSPS) is 14.3. The van der Waals surface area contributed by atoms with E-state index in [1.54, 1.807) is 6.20 Å². The molecule has 0 saturated carbocycles. The van der Waals surface area contributed by atoms with E-state index in [9.17, 15) is 4.79 Å². The van der Waals surface area contributed by atoms with Crippen LogP contribution in [-0.2, 0) is 18.0 Å². The summed E-state index contributed by atoms with van der Waals surface area (Å²) in [6, 6.07) is 1.84. The number of primary amides is 1. The summed E-state index contributed by atoms with van der Waals surface area (Å²) in [5, 5.41) is 0. The Balaban J connectivity index is 2.56. The van der Waals surface area contributed by atoms with Crippen molar-refractivity contribution in [2.75, 3.05) is 0 Å². The van der Waals surface area contributed by atoms with E-state index in [0.29, 0.717) is 18.9 Å². The molecule has 62 valence electrons. The predicted octanol–water partition coefficient (Wildman–Crippen LogP) is 0.211. The van der Waals surface area contributed by atoms with E-state index >= 15 is 0 Å². The monoisotopic (exact) mass is 164 g/mol. The Hall–Kier alpha value is -1.42. The summed E-state index contributed by atoms with van der Waals surface area (Å²) in [4.78, 5) is 14.8. The standard InChI is InChI=1S/C8H8N2O2/c9-8(11)7-6-4-12-3-5(6)1-2-10-7/h1-2H,3-4H2,(H2,9,11). The van der Waals surface area contributed by atoms with Gasteiger partial charge in [0, 0.05) is 11.8 Å². The van der Waals surface area contributed by atoms with Crippen LogP contribution in [0.5, 0.6) is 0 Å². The number of pyridine rings is 1. The third-order valence-corrected chi connectivity index (χ3v) is 1.89. The van der Waals surface area contributed by atoms with E-state index in [4.69, 9.17) is 10.5 Å². The van der Waals surface area contributed by atoms with Gasteiger partial charge in [-0.3, -0.25) is 9.78 Å². The molecule has 1 aromatic rings. The number of fused-ring (bicyclic) bond motifs is 1. The maximum Gasteiger partial charge on any atom is 0.267 e. The molecule has 0 unspecified atom stereocenters. The zero-order chi connectivity index (χ0) is 8.55. The molecule has 2 N–H and O–H groups in total. The van der Waals surface area contributed by atoms with Gasteiger partial charge in [-0.2, -0.15) is 0 Å². The molecule has 0 bridgehead atoms. The summed E-state index contributed by atoms with van der Waals surface area (Å²) >= 11 is 0. The number of carbonyl (C=O) groups excluding carboxylic acids is 1. The lowest BCUT2D eigenvalue weighted by Crippen LogP contribution is -2.15. The van der Waals surface area contributed by atoms with E-state index in [1.807, 2.05) is 6.07 Å². The molecule has 0 aliphatic carbocycles. The number of nitrogens with two attached hydrogens (primary N) is 1. The van der Waals surface area contributed by atoms with Crippen molar-refractivity contribution in [3.63, 3.8) is 0 Å². The van der Waals surface area contributed by atoms with Crippen molar-refractivity contribution in [1.82, 2.24) is 4.98 Å². The van der Waals surface area contributed by atoms with Gasteiger partial charge in [0.1, 0.15) is 5.69 Å². The van der Waals surface area contributed by atoms with Crippen molar-refractivity contribution in [3.05, 3.63) is 29.1 Å². The Morgan fingerprint density at radius 2 is 2.42 bits per heavy atom. The van der Waals surface area contributed by atoms with Gasteiger partial charge >= 0.3 is 0 Å². The third kappa shape index (κ3) is 0.967. The predicted molar refractivity (Wildman–Crippen MR) is 41.2 cm³/mol. The third-order valence-electron chi connectivity index (χ3n) is 1.89. The van der Waals surface area contributed by atoms with Crippen LogP contribution >= 0.6 is 0 Å². The molecule has 2 heterocycles. The van der Waals surface area contributed by atoms with Crippen LogP contribution in [0, 0.1) is 0 Å². The van der Waals surface area contributed by atoms with Crippen LogP contribution in [0.25, 0.3) is 0 Å². The lowest BCUT2D eigenvalue weighted by molar-refractivity contribution is 0.0989. The minimum absolute atomic E-state index is 0.338. The molecule has 2 rings (SSSR count). The van der Waals surface area contributed by atoms with E-state index in [1.165, 1.54) is 0 Å². The Kier molecular flexibility index (Phi) is 1.55. The first-order valence-electron chi connectivity index (χ1n) is 3.63. The number of aromatic nitrogens is 1. The molecule has 0 saturated heterocycles. The van der Waals surface area contributed by atoms with Gasteiger partial charge in [0.25, 0.3) is 5.91 Å². The number of ether oxygens (including phenoxy) is 1. The Morgan fingerprint density at radius 3 is 3.17 bits per heavy atom. The first kappa shape index (κ1) is 7.24. The van der Waals surface area contributed by atoms with Crippen LogP contribution in [0.15, 0.2) is 12.3 Å². The molecule has 4 heteroatoms. The zero-order valence-corrected chi connectivity index (χ0v) is 6.41. The number of carbonyl (C=O) groups is 1. The van der Waals surface area contributed by atoms with Crippen LogP contribution in [0.2, 0.25) is 0 Å². The van der Waals surface area contributed by atoms with Crippen LogP contribution in [-0.4, -0.2) is 10.9 Å². The second kappa shape index (κ2) is 2.57.